The molecule has 138 valence electrons. The van der Waals surface area contributed by atoms with Crippen molar-refractivity contribution in [2.24, 2.45) is 5.92 Å². The van der Waals surface area contributed by atoms with Crippen LogP contribution in [0.4, 0.5) is 18.0 Å². The van der Waals surface area contributed by atoms with Crippen molar-refractivity contribution in [1.82, 2.24) is 10.2 Å². The number of nitrogens with one attached hydrogen (secondary N) is 1. The highest BCUT2D eigenvalue weighted by Crippen LogP contribution is 2.30. The molecule has 1 heterocycles. The van der Waals surface area contributed by atoms with Crippen molar-refractivity contribution in [3.63, 3.8) is 0 Å². The van der Waals surface area contributed by atoms with Crippen molar-refractivity contribution in [2.45, 2.75) is 19.0 Å². The van der Waals surface area contributed by atoms with Crippen LogP contribution in [-0.2, 0) is 11.0 Å². The number of likely N-dealkylation sites (tertiary alicyclic amines) is 1. The maximum absolute atomic E-state index is 12.4. The number of ether oxygens (including phenoxy) is 1. The highest BCUT2D eigenvalue weighted by Gasteiger charge is 2.30. The van der Waals surface area contributed by atoms with Crippen molar-refractivity contribution < 1.29 is 32.6 Å². The predicted molar refractivity (Wildman–Crippen MR) is 82.3 cm³/mol. The molecule has 1 aromatic rings. The van der Waals surface area contributed by atoms with Gasteiger partial charge in [0.1, 0.15) is 12.4 Å². The summed E-state index contributed by atoms with van der Waals surface area (Å²) in [5.41, 5.74) is -0.758. The number of halogens is 3. The fourth-order valence-corrected chi connectivity index (χ4v) is 2.54. The molecular formula is C16H19F3N2O4. The Kier molecular flexibility index (Phi) is 6.11. The molecule has 0 saturated carbocycles. The van der Waals surface area contributed by atoms with Crippen molar-refractivity contribution in [3.05, 3.63) is 29.8 Å². The number of carbonyl (C=O) groups excluding carboxylic acids is 1. The highest BCUT2D eigenvalue weighted by atomic mass is 19.4. The van der Waals surface area contributed by atoms with Gasteiger partial charge in [0.2, 0.25) is 0 Å². The van der Waals surface area contributed by atoms with E-state index in [-0.39, 0.29) is 31.5 Å². The zero-order valence-corrected chi connectivity index (χ0v) is 13.4. The van der Waals surface area contributed by atoms with Crippen molar-refractivity contribution in [1.29, 1.82) is 0 Å². The Morgan fingerprint density at radius 3 is 2.56 bits per heavy atom. The largest absolute Gasteiger partial charge is 0.492 e. The van der Waals surface area contributed by atoms with Crippen LogP contribution in [0.3, 0.4) is 0 Å². The molecular weight excluding hydrogens is 341 g/mol. The van der Waals surface area contributed by atoms with Gasteiger partial charge in [-0.05, 0) is 37.1 Å². The van der Waals surface area contributed by atoms with Crippen LogP contribution in [0.2, 0.25) is 0 Å². The third-order valence-electron chi connectivity index (χ3n) is 3.89. The Morgan fingerprint density at radius 1 is 1.28 bits per heavy atom. The van der Waals surface area contributed by atoms with Crippen LogP contribution in [0.5, 0.6) is 5.75 Å². The zero-order chi connectivity index (χ0) is 18.4. The van der Waals surface area contributed by atoms with Gasteiger partial charge in [-0.25, -0.2) is 4.79 Å². The topological polar surface area (TPSA) is 78.9 Å². The molecule has 6 nitrogen and oxygen atoms in total. The maximum Gasteiger partial charge on any atom is 0.416 e. The molecule has 1 aromatic carbocycles. The third-order valence-corrected chi connectivity index (χ3v) is 3.89. The lowest BCUT2D eigenvalue weighted by atomic mass is 9.99. The average Bonchev–Trinajstić information content (AvgIpc) is 2.58. The number of urea groups is 1. The van der Waals surface area contributed by atoms with Gasteiger partial charge in [0.25, 0.3) is 0 Å². The Morgan fingerprint density at radius 2 is 1.96 bits per heavy atom. The van der Waals surface area contributed by atoms with Gasteiger partial charge in [0.15, 0.2) is 0 Å². The Labute approximate surface area is 142 Å². The number of alkyl halides is 3. The van der Waals surface area contributed by atoms with Gasteiger partial charge in [-0.1, -0.05) is 0 Å². The van der Waals surface area contributed by atoms with Crippen molar-refractivity contribution in [3.8, 4) is 5.75 Å². The molecule has 0 bridgehead atoms. The van der Waals surface area contributed by atoms with Crippen molar-refractivity contribution >= 4 is 12.0 Å². The summed E-state index contributed by atoms with van der Waals surface area (Å²) in [4.78, 5) is 24.4. The Hall–Kier alpha value is -2.45. The summed E-state index contributed by atoms with van der Waals surface area (Å²) < 4.78 is 42.6. The van der Waals surface area contributed by atoms with Gasteiger partial charge in [-0.15, -0.1) is 0 Å². The minimum absolute atomic E-state index is 0.0906. The Balaban J connectivity index is 1.72. The number of aliphatic carboxylic acids is 1. The standard InChI is InChI=1S/C16H19F3N2O4/c17-16(18,19)12-3-5-13(6-4-12)25-9-7-20-15(24)21-8-1-2-11(10-21)14(22)23/h3-6,11H,1-2,7-10H2,(H,20,24)(H,22,23). The van der Waals surface area contributed by atoms with Gasteiger partial charge in [-0.3, -0.25) is 4.79 Å². The van der Waals surface area contributed by atoms with Crippen LogP contribution in [0.25, 0.3) is 0 Å². The molecule has 1 saturated heterocycles. The molecule has 1 fully saturated rings. The summed E-state index contributed by atoms with van der Waals surface area (Å²) in [7, 11) is 0. The van der Waals surface area contributed by atoms with E-state index in [0.29, 0.717) is 19.4 Å². The maximum atomic E-state index is 12.4. The molecule has 9 heteroatoms. The first-order valence-corrected chi connectivity index (χ1v) is 7.83. The highest BCUT2D eigenvalue weighted by molar-refractivity contribution is 5.76. The summed E-state index contributed by atoms with van der Waals surface area (Å²) in [5.74, 6) is -1.20. The number of nitrogens with zero attached hydrogens (tertiary/aromatic N) is 1. The van der Waals surface area contributed by atoms with Crippen LogP contribution >= 0.6 is 0 Å². The van der Waals surface area contributed by atoms with Crippen LogP contribution in [-0.4, -0.2) is 48.2 Å². The second kappa shape index (κ2) is 8.09. The van der Waals surface area contributed by atoms with Crippen LogP contribution in [0.15, 0.2) is 24.3 Å². The summed E-state index contributed by atoms with van der Waals surface area (Å²) in [6.45, 7) is 0.914. The molecule has 0 radical (unpaired) electrons. The molecule has 0 aliphatic carbocycles. The van der Waals surface area contributed by atoms with Gasteiger partial charge in [0.05, 0.1) is 18.0 Å². The minimum Gasteiger partial charge on any atom is -0.492 e. The number of carbonyl (C=O) groups is 2. The number of rotatable bonds is 5. The van der Waals surface area contributed by atoms with E-state index in [1.807, 2.05) is 0 Å². The zero-order valence-electron chi connectivity index (χ0n) is 13.4. The van der Waals surface area contributed by atoms with E-state index in [0.717, 1.165) is 12.1 Å². The predicted octanol–water partition coefficient (Wildman–Crippen LogP) is 2.59. The SMILES string of the molecule is O=C(O)C1CCCN(C(=O)NCCOc2ccc(C(F)(F)F)cc2)C1. The summed E-state index contributed by atoms with van der Waals surface area (Å²) in [6.07, 6.45) is -3.21. The van der Waals surface area contributed by atoms with Crippen molar-refractivity contribution in [2.75, 3.05) is 26.2 Å². The first kappa shape index (κ1) is 18.9. The Bertz CT molecular complexity index is 604. The van der Waals surface area contributed by atoms with E-state index in [1.165, 1.54) is 17.0 Å². The molecule has 1 aliphatic heterocycles. The first-order valence-electron chi connectivity index (χ1n) is 7.83. The van der Waals surface area contributed by atoms with E-state index in [9.17, 15) is 22.8 Å². The lowest BCUT2D eigenvalue weighted by Crippen LogP contribution is -2.47. The van der Waals surface area contributed by atoms with Gasteiger partial charge >= 0.3 is 18.2 Å². The number of hydrogen-bond donors (Lipinski definition) is 2. The van der Waals surface area contributed by atoms with Crippen LogP contribution in [0.1, 0.15) is 18.4 Å². The second-order valence-corrected chi connectivity index (χ2v) is 5.73. The molecule has 1 atom stereocenters. The summed E-state index contributed by atoms with van der Waals surface area (Å²) in [6, 6.07) is 3.91. The molecule has 1 aliphatic rings. The van der Waals surface area contributed by atoms with E-state index in [2.05, 4.69) is 5.32 Å². The number of carboxylic acids is 1. The molecule has 2 rings (SSSR count). The van der Waals surface area contributed by atoms with E-state index in [1.54, 1.807) is 0 Å². The van der Waals surface area contributed by atoms with E-state index >= 15 is 0 Å². The molecule has 2 amide bonds. The first-order chi connectivity index (χ1) is 11.8. The molecule has 25 heavy (non-hydrogen) atoms. The molecule has 1 unspecified atom stereocenters. The number of hydrogen-bond acceptors (Lipinski definition) is 3. The quantitative estimate of drug-likeness (QED) is 0.791. The van der Waals surface area contributed by atoms with E-state index < -0.39 is 23.6 Å². The van der Waals surface area contributed by atoms with Crippen LogP contribution < -0.4 is 10.1 Å². The smallest absolute Gasteiger partial charge is 0.416 e. The molecule has 2 N–H and O–H groups in total. The molecule has 0 aromatic heterocycles. The molecule has 0 spiro atoms. The number of benzene rings is 1. The summed E-state index contributed by atoms with van der Waals surface area (Å²) >= 11 is 0. The number of carboxylic acid groups (broad SMARTS) is 1. The average molecular weight is 360 g/mol. The summed E-state index contributed by atoms with van der Waals surface area (Å²) in [5, 5.41) is 11.6. The van der Waals surface area contributed by atoms with Gasteiger partial charge < -0.3 is 20.1 Å². The lowest BCUT2D eigenvalue weighted by molar-refractivity contribution is -0.143. The normalized spacial score (nSPS) is 17.9. The monoisotopic (exact) mass is 360 g/mol. The van der Waals surface area contributed by atoms with Crippen LogP contribution in [0, 0.1) is 5.92 Å². The lowest BCUT2D eigenvalue weighted by Gasteiger charge is -2.30. The number of amides is 2. The fraction of sp³-hybridized carbons (Fsp3) is 0.500. The minimum atomic E-state index is -4.39. The third kappa shape index (κ3) is 5.54. The van der Waals surface area contributed by atoms with Gasteiger partial charge in [0, 0.05) is 13.1 Å². The van der Waals surface area contributed by atoms with Gasteiger partial charge in [-0.2, -0.15) is 13.2 Å². The van der Waals surface area contributed by atoms with E-state index in [4.69, 9.17) is 9.84 Å². The fourth-order valence-electron chi connectivity index (χ4n) is 2.54. The second-order valence-electron chi connectivity index (χ2n) is 5.73. The number of piperidine rings is 1.